The number of piperazine rings is 1. The molecular formula is C24H23N3O3. The molecule has 2 aliphatic rings. The van der Waals surface area contributed by atoms with Crippen molar-refractivity contribution in [2.45, 2.75) is 6.42 Å². The van der Waals surface area contributed by atoms with Crippen LogP contribution in [0.25, 0.3) is 0 Å². The number of hydrogen-bond acceptors (Lipinski definition) is 6. The summed E-state index contributed by atoms with van der Waals surface area (Å²) in [7, 11) is 0. The molecule has 0 aliphatic carbocycles. The van der Waals surface area contributed by atoms with Crippen LogP contribution in [0.15, 0.2) is 66.9 Å². The summed E-state index contributed by atoms with van der Waals surface area (Å²) in [5.41, 5.74) is 2.84. The molecule has 0 N–H and O–H groups in total. The number of nitrogens with zero attached hydrogens (tertiary/aromatic N) is 3. The zero-order chi connectivity index (χ0) is 20.3. The van der Waals surface area contributed by atoms with E-state index in [9.17, 15) is 4.79 Å². The Hall–Kier alpha value is -3.54. The zero-order valence-corrected chi connectivity index (χ0v) is 16.7. The highest BCUT2D eigenvalue weighted by molar-refractivity contribution is 5.98. The van der Waals surface area contributed by atoms with E-state index in [-0.39, 0.29) is 12.6 Å². The Kier molecular flexibility index (Phi) is 4.97. The van der Waals surface area contributed by atoms with Crippen molar-refractivity contribution >= 4 is 17.3 Å². The fourth-order valence-electron chi connectivity index (χ4n) is 3.92. The number of carbonyl (C=O) groups excluding carboxylic acids is 1. The number of Topliss-reactive ketones (excluding diaryl/α,β-unsaturated/α-hetero) is 1. The Morgan fingerprint density at radius 2 is 1.63 bits per heavy atom. The van der Waals surface area contributed by atoms with Crippen LogP contribution in [0, 0.1) is 0 Å². The monoisotopic (exact) mass is 401 g/mol. The predicted molar refractivity (Wildman–Crippen MR) is 116 cm³/mol. The number of anilines is 2. The minimum absolute atomic E-state index is 0.0741. The van der Waals surface area contributed by atoms with E-state index in [2.05, 4.69) is 33.0 Å². The lowest BCUT2D eigenvalue weighted by atomic mass is 10.0. The fraction of sp³-hybridized carbons (Fsp3) is 0.250. The lowest BCUT2D eigenvalue weighted by molar-refractivity contribution is 0.0992. The van der Waals surface area contributed by atoms with Crippen molar-refractivity contribution in [2.75, 3.05) is 42.8 Å². The summed E-state index contributed by atoms with van der Waals surface area (Å²) in [6.07, 6.45) is 2.21. The van der Waals surface area contributed by atoms with Gasteiger partial charge in [-0.15, -0.1) is 0 Å². The van der Waals surface area contributed by atoms with Crippen molar-refractivity contribution in [3.05, 3.63) is 78.0 Å². The van der Waals surface area contributed by atoms with Gasteiger partial charge in [0, 0.05) is 50.0 Å². The third-order valence-corrected chi connectivity index (χ3v) is 5.61. The van der Waals surface area contributed by atoms with Gasteiger partial charge in [0.15, 0.2) is 17.3 Å². The molecule has 0 atom stereocenters. The van der Waals surface area contributed by atoms with E-state index in [0.717, 1.165) is 37.6 Å². The number of carbonyl (C=O) groups is 1. The summed E-state index contributed by atoms with van der Waals surface area (Å²) in [6, 6.07) is 19.7. The Balaban J connectivity index is 1.19. The molecule has 2 aliphatic heterocycles. The molecule has 0 saturated carbocycles. The molecule has 0 amide bonds. The van der Waals surface area contributed by atoms with E-state index in [4.69, 9.17) is 9.47 Å². The SMILES string of the molecule is O=C(Cc1ccc(N2CCN(c3ccccn3)CC2)cc1)c1ccc2c(c1)OCO2. The molecule has 1 aromatic heterocycles. The Morgan fingerprint density at radius 1 is 0.867 bits per heavy atom. The minimum atomic E-state index is 0.0741. The van der Waals surface area contributed by atoms with Gasteiger partial charge in [0.1, 0.15) is 5.82 Å². The molecule has 6 nitrogen and oxygen atoms in total. The van der Waals surface area contributed by atoms with Crippen molar-refractivity contribution in [1.82, 2.24) is 4.98 Å². The molecule has 0 unspecified atom stereocenters. The molecule has 5 rings (SSSR count). The van der Waals surface area contributed by atoms with Gasteiger partial charge < -0.3 is 19.3 Å². The smallest absolute Gasteiger partial charge is 0.231 e. The van der Waals surface area contributed by atoms with Gasteiger partial charge in [-0.05, 0) is 48.0 Å². The molecule has 0 spiro atoms. The minimum Gasteiger partial charge on any atom is -0.454 e. The molecule has 0 radical (unpaired) electrons. The van der Waals surface area contributed by atoms with E-state index >= 15 is 0 Å². The zero-order valence-electron chi connectivity index (χ0n) is 16.7. The van der Waals surface area contributed by atoms with Gasteiger partial charge in [-0.1, -0.05) is 18.2 Å². The first-order valence-electron chi connectivity index (χ1n) is 10.2. The van der Waals surface area contributed by atoms with Crippen LogP contribution in [0.2, 0.25) is 0 Å². The summed E-state index contributed by atoms with van der Waals surface area (Å²) < 4.78 is 10.7. The maximum atomic E-state index is 12.7. The average molecular weight is 401 g/mol. The fourth-order valence-corrected chi connectivity index (χ4v) is 3.92. The number of pyridine rings is 1. The summed E-state index contributed by atoms with van der Waals surface area (Å²) in [5.74, 6) is 2.44. The number of benzene rings is 2. The van der Waals surface area contributed by atoms with Crippen molar-refractivity contribution in [3.8, 4) is 11.5 Å². The van der Waals surface area contributed by atoms with Gasteiger partial charge in [-0.3, -0.25) is 4.79 Å². The maximum Gasteiger partial charge on any atom is 0.231 e. The van der Waals surface area contributed by atoms with Crippen molar-refractivity contribution in [3.63, 3.8) is 0 Å². The number of fused-ring (bicyclic) bond motifs is 1. The first-order chi connectivity index (χ1) is 14.8. The third kappa shape index (κ3) is 3.81. The van der Waals surface area contributed by atoms with Crippen molar-refractivity contribution in [2.24, 2.45) is 0 Å². The van der Waals surface area contributed by atoms with Crippen LogP contribution in [-0.2, 0) is 6.42 Å². The van der Waals surface area contributed by atoms with Crippen LogP contribution in [0.1, 0.15) is 15.9 Å². The first-order valence-corrected chi connectivity index (χ1v) is 10.2. The van der Waals surface area contributed by atoms with Crippen LogP contribution in [0.5, 0.6) is 11.5 Å². The number of aromatic nitrogens is 1. The molecular weight excluding hydrogens is 378 g/mol. The molecule has 1 fully saturated rings. The quantitative estimate of drug-likeness (QED) is 0.610. The lowest BCUT2D eigenvalue weighted by Gasteiger charge is -2.36. The molecule has 30 heavy (non-hydrogen) atoms. The summed E-state index contributed by atoms with van der Waals surface area (Å²) in [5, 5.41) is 0. The topological polar surface area (TPSA) is 54.9 Å². The summed E-state index contributed by atoms with van der Waals surface area (Å²) in [6.45, 7) is 4.01. The van der Waals surface area contributed by atoms with Gasteiger partial charge in [0.2, 0.25) is 6.79 Å². The Labute approximate surface area is 175 Å². The number of ketones is 1. The standard InChI is InChI=1S/C24H23N3O3/c28-21(19-6-9-22-23(16-19)30-17-29-22)15-18-4-7-20(8-5-18)26-11-13-27(14-12-26)24-3-1-2-10-25-24/h1-10,16H,11-15,17H2. The number of ether oxygens (including phenoxy) is 2. The van der Waals surface area contributed by atoms with Crippen LogP contribution in [0.4, 0.5) is 11.5 Å². The highest BCUT2D eigenvalue weighted by Crippen LogP contribution is 2.32. The van der Waals surface area contributed by atoms with Crippen molar-refractivity contribution in [1.29, 1.82) is 0 Å². The van der Waals surface area contributed by atoms with E-state index in [0.29, 0.717) is 23.5 Å². The second kappa shape index (κ2) is 8.06. The van der Waals surface area contributed by atoms with Gasteiger partial charge >= 0.3 is 0 Å². The van der Waals surface area contributed by atoms with Crippen LogP contribution in [-0.4, -0.2) is 43.7 Å². The molecule has 2 aromatic carbocycles. The molecule has 3 heterocycles. The first kappa shape index (κ1) is 18.5. The average Bonchev–Trinajstić information content (AvgIpc) is 3.28. The number of rotatable bonds is 5. The van der Waals surface area contributed by atoms with E-state index in [1.165, 1.54) is 5.69 Å². The van der Waals surface area contributed by atoms with Gasteiger partial charge in [-0.2, -0.15) is 0 Å². The highest BCUT2D eigenvalue weighted by atomic mass is 16.7. The molecule has 6 heteroatoms. The van der Waals surface area contributed by atoms with Crippen molar-refractivity contribution < 1.29 is 14.3 Å². The summed E-state index contributed by atoms with van der Waals surface area (Å²) in [4.78, 5) is 21.8. The Bertz CT molecular complexity index is 1030. The summed E-state index contributed by atoms with van der Waals surface area (Å²) >= 11 is 0. The molecule has 3 aromatic rings. The van der Waals surface area contributed by atoms with E-state index in [1.807, 2.05) is 30.5 Å². The van der Waals surface area contributed by atoms with Gasteiger partial charge in [-0.25, -0.2) is 4.98 Å². The van der Waals surface area contributed by atoms with Crippen LogP contribution < -0.4 is 19.3 Å². The molecule has 1 saturated heterocycles. The van der Waals surface area contributed by atoms with E-state index < -0.39 is 0 Å². The van der Waals surface area contributed by atoms with Crippen LogP contribution in [0.3, 0.4) is 0 Å². The normalized spacial score (nSPS) is 15.3. The Morgan fingerprint density at radius 3 is 2.40 bits per heavy atom. The molecule has 0 bridgehead atoms. The predicted octanol–water partition coefficient (Wildman–Crippen LogP) is 3.56. The van der Waals surface area contributed by atoms with Gasteiger partial charge in [0.25, 0.3) is 0 Å². The van der Waals surface area contributed by atoms with Crippen LogP contribution >= 0.6 is 0 Å². The largest absolute Gasteiger partial charge is 0.454 e. The van der Waals surface area contributed by atoms with Gasteiger partial charge in [0.05, 0.1) is 0 Å². The lowest BCUT2D eigenvalue weighted by Crippen LogP contribution is -2.46. The number of hydrogen-bond donors (Lipinski definition) is 0. The second-order valence-corrected chi connectivity index (χ2v) is 7.50. The third-order valence-electron chi connectivity index (χ3n) is 5.61. The van der Waals surface area contributed by atoms with E-state index in [1.54, 1.807) is 18.2 Å². The molecule has 152 valence electrons. The highest BCUT2D eigenvalue weighted by Gasteiger charge is 2.19. The second-order valence-electron chi connectivity index (χ2n) is 7.50. The maximum absolute atomic E-state index is 12.7.